The van der Waals surface area contributed by atoms with Crippen LogP contribution in [0.1, 0.15) is 30.0 Å². The maximum atomic E-state index is 13.0. The molecule has 3 amide bonds. The number of nitrogens with one attached hydrogen (secondary N) is 2. The van der Waals surface area contributed by atoms with Crippen molar-refractivity contribution in [1.29, 1.82) is 0 Å². The standard InChI is InChI=1S/C16H16F3N5O2S/c17-16(18,19)11-4-1-3-10(7-11)12(8-24-6-2-5-13(24)25)21-14(26)22-15-23-20-9-27-15/h1,3-4,7,9,12H,2,5-6,8H2,(H2,21,22,23,26)/t12-/m1/s1. The zero-order chi connectivity index (χ0) is 19.4. The van der Waals surface area contributed by atoms with Crippen LogP contribution in [-0.2, 0) is 11.0 Å². The fraction of sp³-hybridized carbons (Fsp3) is 0.375. The van der Waals surface area contributed by atoms with Crippen molar-refractivity contribution in [2.24, 2.45) is 0 Å². The number of likely N-dealkylation sites (tertiary alicyclic amines) is 1. The summed E-state index contributed by atoms with van der Waals surface area (Å²) < 4.78 is 39.1. The van der Waals surface area contributed by atoms with Gasteiger partial charge in [-0.1, -0.05) is 23.5 Å². The van der Waals surface area contributed by atoms with E-state index in [0.29, 0.717) is 19.4 Å². The number of alkyl halides is 3. The summed E-state index contributed by atoms with van der Waals surface area (Å²) in [6.07, 6.45) is -3.42. The Bertz CT molecular complexity index is 813. The molecule has 1 aromatic heterocycles. The summed E-state index contributed by atoms with van der Waals surface area (Å²) in [5, 5.41) is 12.6. The Morgan fingerprint density at radius 2 is 2.19 bits per heavy atom. The van der Waals surface area contributed by atoms with Crippen LogP contribution >= 0.6 is 11.3 Å². The lowest BCUT2D eigenvalue weighted by atomic mass is 10.0. The molecule has 7 nitrogen and oxygen atoms in total. The van der Waals surface area contributed by atoms with Crippen LogP contribution in [0.15, 0.2) is 29.8 Å². The summed E-state index contributed by atoms with van der Waals surface area (Å²) in [7, 11) is 0. The van der Waals surface area contributed by atoms with Gasteiger partial charge >= 0.3 is 12.2 Å². The molecule has 11 heteroatoms. The maximum absolute atomic E-state index is 13.0. The lowest BCUT2D eigenvalue weighted by Crippen LogP contribution is -2.40. The molecule has 27 heavy (non-hydrogen) atoms. The molecule has 1 saturated heterocycles. The van der Waals surface area contributed by atoms with Crippen LogP contribution in [0.25, 0.3) is 0 Å². The van der Waals surface area contributed by atoms with E-state index in [1.807, 2.05) is 0 Å². The van der Waals surface area contributed by atoms with Gasteiger partial charge in [0.05, 0.1) is 11.6 Å². The van der Waals surface area contributed by atoms with Gasteiger partial charge < -0.3 is 10.2 Å². The number of urea groups is 1. The number of carbonyl (C=O) groups is 2. The first-order chi connectivity index (χ1) is 12.8. The van der Waals surface area contributed by atoms with Gasteiger partial charge in [0.25, 0.3) is 0 Å². The summed E-state index contributed by atoms with van der Waals surface area (Å²) in [4.78, 5) is 25.7. The number of halogens is 3. The minimum absolute atomic E-state index is 0.0849. The molecule has 0 radical (unpaired) electrons. The van der Waals surface area contributed by atoms with Crippen molar-refractivity contribution in [2.45, 2.75) is 25.1 Å². The number of hydrogen-bond acceptors (Lipinski definition) is 5. The summed E-state index contributed by atoms with van der Waals surface area (Å²) in [5.41, 5.74) is 0.879. The van der Waals surface area contributed by atoms with Crippen molar-refractivity contribution in [3.8, 4) is 0 Å². The molecule has 144 valence electrons. The Labute approximate surface area is 156 Å². The van der Waals surface area contributed by atoms with Crippen LogP contribution in [-0.4, -0.2) is 40.1 Å². The topological polar surface area (TPSA) is 87.2 Å². The highest BCUT2D eigenvalue weighted by Gasteiger charge is 2.32. The molecule has 0 bridgehead atoms. The number of hydrogen-bond donors (Lipinski definition) is 2. The molecule has 1 atom stereocenters. The van der Waals surface area contributed by atoms with E-state index in [9.17, 15) is 22.8 Å². The van der Waals surface area contributed by atoms with Gasteiger partial charge in [0.2, 0.25) is 11.0 Å². The molecule has 2 heterocycles. The third-order valence-electron chi connectivity index (χ3n) is 4.08. The van der Waals surface area contributed by atoms with Crippen molar-refractivity contribution >= 4 is 28.4 Å². The number of rotatable bonds is 5. The Kier molecular flexibility index (Phi) is 5.59. The van der Waals surface area contributed by atoms with Gasteiger partial charge in [0.15, 0.2) is 0 Å². The number of benzene rings is 1. The highest BCUT2D eigenvalue weighted by molar-refractivity contribution is 7.13. The molecule has 3 rings (SSSR count). The van der Waals surface area contributed by atoms with E-state index in [2.05, 4.69) is 20.8 Å². The SMILES string of the molecule is O=C(Nc1nncs1)N[C@H](CN1CCCC1=O)c1cccc(C(F)(F)F)c1. The number of nitrogens with zero attached hydrogens (tertiary/aromatic N) is 3. The van der Waals surface area contributed by atoms with E-state index in [0.717, 1.165) is 23.5 Å². The molecule has 0 unspecified atom stereocenters. The lowest BCUT2D eigenvalue weighted by Gasteiger charge is -2.25. The monoisotopic (exact) mass is 399 g/mol. The molecule has 0 spiro atoms. The molecule has 1 aliphatic heterocycles. The van der Waals surface area contributed by atoms with Gasteiger partial charge in [0, 0.05) is 19.5 Å². The Morgan fingerprint density at radius 1 is 1.37 bits per heavy atom. The third-order valence-corrected chi connectivity index (χ3v) is 4.68. The van der Waals surface area contributed by atoms with Gasteiger partial charge in [-0.3, -0.25) is 10.1 Å². The zero-order valence-electron chi connectivity index (χ0n) is 14.0. The van der Waals surface area contributed by atoms with Crippen molar-refractivity contribution < 1.29 is 22.8 Å². The summed E-state index contributed by atoms with van der Waals surface area (Å²) >= 11 is 1.11. The van der Waals surface area contributed by atoms with E-state index in [4.69, 9.17) is 0 Å². The molecular formula is C16H16F3N5O2S. The van der Waals surface area contributed by atoms with Gasteiger partial charge in [-0.25, -0.2) is 4.79 Å². The van der Waals surface area contributed by atoms with Gasteiger partial charge in [0.1, 0.15) is 5.51 Å². The number of aromatic nitrogens is 2. The average molecular weight is 399 g/mol. The fourth-order valence-corrected chi connectivity index (χ4v) is 3.24. The van der Waals surface area contributed by atoms with E-state index in [-0.39, 0.29) is 23.1 Å². The third kappa shape index (κ3) is 4.94. The van der Waals surface area contributed by atoms with Crippen molar-refractivity contribution in [3.63, 3.8) is 0 Å². The summed E-state index contributed by atoms with van der Waals surface area (Å²) in [6, 6.07) is 3.27. The summed E-state index contributed by atoms with van der Waals surface area (Å²) in [5.74, 6) is -0.0849. The molecular weight excluding hydrogens is 383 g/mol. The Hall–Kier alpha value is -2.69. The molecule has 1 aromatic carbocycles. The van der Waals surface area contributed by atoms with E-state index < -0.39 is 23.8 Å². The normalized spacial score (nSPS) is 15.7. The van der Waals surface area contributed by atoms with Gasteiger partial charge in [-0.05, 0) is 24.1 Å². The predicted molar refractivity (Wildman–Crippen MR) is 92.1 cm³/mol. The molecule has 1 fully saturated rings. The maximum Gasteiger partial charge on any atom is 0.416 e. The highest BCUT2D eigenvalue weighted by Crippen LogP contribution is 2.31. The minimum Gasteiger partial charge on any atom is -0.340 e. The Morgan fingerprint density at radius 3 is 2.81 bits per heavy atom. The van der Waals surface area contributed by atoms with Gasteiger partial charge in [-0.15, -0.1) is 10.2 Å². The number of anilines is 1. The van der Waals surface area contributed by atoms with Crippen LogP contribution in [0.5, 0.6) is 0 Å². The number of carbonyl (C=O) groups excluding carboxylic acids is 2. The van der Waals surface area contributed by atoms with Crippen LogP contribution in [0.4, 0.5) is 23.1 Å². The minimum atomic E-state index is -4.50. The van der Waals surface area contributed by atoms with Crippen LogP contribution in [0, 0.1) is 0 Å². The fourth-order valence-electron chi connectivity index (χ4n) is 2.80. The molecule has 2 N–H and O–H groups in total. The Balaban J connectivity index is 1.80. The van der Waals surface area contributed by atoms with Crippen LogP contribution < -0.4 is 10.6 Å². The average Bonchev–Trinajstić information content (AvgIpc) is 3.26. The second kappa shape index (κ2) is 7.91. The smallest absolute Gasteiger partial charge is 0.340 e. The molecule has 0 saturated carbocycles. The second-order valence-electron chi connectivity index (χ2n) is 5.96. The van der Waals surface area contributed by atoms with Crippen molar-refractivity contribution in [2.75, 3.05) is 18.4 Å². The first kappa shape index (κ1) is 19.1. The molecule has 2 aromatic rings. The first-order valence-electron chi connectivity index (χ1n) is 8.11. The largest absolute Gasteiger partial charge is 0.416 e. The van der Waals surface area contributed by atoms with E-state index in [1.54, 1.807) is 0 Å². The predicted octanol–water partition coefficient (Wildman–Crippen LogP) is 3.04. The summed E-state index contributed by atoms with van der Waals surface area (Å²) in [6.45, 7) is 0.595. The molecule has 0 aliphatic carbocycles. The van der Waals surface area contributed by atoms with Gasteiger partial charge in [-0.2, -0.15) is 13.2 Å². The van der Waals surface area contributed by atoms with Crippen LogP contribution in [0.2, 0.25) is 0 Å². The lowest BCUT2D eigenvalue weighted by molar-refractivity contribution is -0.137. The second-order valence-corrected chi connectivity index (χ2v) is 6.79. The number of amides is 3. The van der Waals surface area contributed by atoms with E-state index >= 15 is 0 Å². The van der Waals surface area contributed by atoms with Crippen LogP contribution in [0.3, 0.4) is 0 Å². The molecule has 1 aliphatic rings. The first-order valence-corrected chi connectivity index (χ1v) is 8.99. The van der Waals surface area contributed by atoms with Crippen molar-refractivity contribution in [3.05, 3.63) is 40.9 Å². The zero-order valence-corrected chi connectivity index (χ0v) is 14.8. The van der Waals surface area contributed by atoms with E-state index in [1.165, 1.54) is 22.5 Å². The van der Waals surface area contributed by atoms with Crippen molar-refractivity contribution in [1.82, 2.24) is 20.4 Å². The highest BCUT2D eigenvalue weighted by atomic mass is 32.1. The quantitative estimate of drug-likeness (QED) is 0.809.